The molecule has 1 aromatic carbocycles. The van der Waals surface area contributed by atoms with Crippen molar-refractivity contribution in [1.29, 1.82) is 0 Å². The van der Waals surface area contributed by atoms with Gasteiger partial charge in [-0.25, -0.2) is 4.39 Å². The molecular formula is C13H18BrFN2. The highest BCUT2D eigenvalue weighted by molar-refractivity contribution is 9.10. The number of halogens is 2. The third-order valence-electron chi connectivity index (χ3n) is 3.42. The lowest BCUT2D eigenvalue weighted by Crippen LogP contribution is -2.44. The van der Waals surface area contributed by atoms with Crippen molar-refractivity contribution in [2.45, 2.75) is 38.4 Å². The fourth-order valence-corrected chi connectivity index (χ4v) is 2.61. The Bertz CT molecular complexity index is 397. The number of nitrogens with zero attached hydrogens (tertiary/aromatic N) is 1. The summed E-state index contributed by atoms with van der Waals surface area (Å²) in [6.07, 6.45) is 2.06. The monoisotopic (exact) mass is 300 g/mol. The van der Waals surface area contributed by atoms with Crippen LogP contribution in [0.15, 0.2) is 22.7 Å². The van der Waals surface area contributed by atoms with Crippen LogP contribution in [0.2, 0.25) is 0 Å². The van der Waals surface area contributed by atoms with Gasteiger partial charge in [0.2, 0.25) is 0 Å². The van der Waals surface area contributed by atoms with Crippen LogP contribution in [-0.2, 0) is 6.54 Å². The smallest absolute Gasteiger partial charge is 0.137 e. The van der Waals surface area contributed by atoms with E-state index in [0.29, 0.717) is 16.6 Å². The van der Waals surface area contributed by atoms with Gasteiger partial charge in [-0.15, -0.1) is 0 Å². The van der Waals surface area contributed by atoms with E-state index >= 15 is 0 Å². The molecule has 1 aliphatic heterocycles. The summed E-state index contributed by atoms with van der Waals surface area (Å²) in [6, 6.07) is 6.14. The third-order valence-corrected chi connectivity index (χ3v) is 4.07. The zero-order valence-corrected chi connectivity index (χ0v) is 11.6. The topological polar surface area (TPSA) is 29.3 Å². The molecule has 94 valence electrons. The van der Waals surface area contributed by atoms with Crippen LogP contribution in [0.5, 0.6) is 0 Å². The van der Waals surface area contributed by atoms with Gasteiger partial charge in [-0.2, -0.15) is 0 Å². The summed E-state index contributed by atoms with van der Waals surface area (Å²) >= 11 is 3.17. The van der Waals surface area contributed by atoms with Gasteiger partial charge in [0, 0.05) is 25.2 Å². The Balaban J connectivity index is 2.02. The number of nitrogens with two attached hydrogens (primary N) is 1. The molecule has 2 atom stereocenters. The molecule has 4 heteroatoms. The van der Waals surface area contributed by atoms with Crippen LogP contribution in [0.1, 0.15) is 25.3 Å². The highest BCUT2D eigenvalue weighted by atomic mass is 79.9. The molecule has 2 nitrogen and oxygen atoms in total. The number of hydrogen-bond donors (Lipinski definition) is 1. The van der Waals surface area contributed by atoms with E-state index in [4.69, 9.17) is 5.73 Å². The standard InChI is InChI=1S/C13H18BrFN2/c1-9-6-11(16)4-5-17(9)8-10-2-3-12(14)13(15)7-10/h2-3,7,9,11H,4-6,8,16H2,1H3. The molecule has 0 bridgehead atoms. The van der Waals surface area contributed by atoms with Gasteiger partial charge < -0.3 is 5.73 Å². The van der Waals surface area contributed by atoms with Crippen LogP contribution in [0, 0.1) is 5.82 Å². The molecule has 1 saturated heterocycles. The van der Waals surface area contributed by atoms with Gasteiger partial charge >= 0.3 is 0 Å². The molecular weight excluding hydrogens is 283 g/mol. The average Bonchev–Trinajstić information content (AvgIpc) is 2.27. The summed E-state index contributed by atoms with van der Waals surface area (Å²) < 4.78 is 13.9. The summed E-state index contributed by atoms with van der Waals surface area (Å²) in [4.78, 5) is 2.37. The van der Waals surface area contributed by atoms with Crippen molar-refractivity contribution in [3.63, 3.8) is 0 Å². The molecule has 1 aromatic rings. The van der Waals surface area contributed by atoms with Crippen LogP contribution in [0.25, 0.3) is 0 Å². The van der Waals surface area contributed by atoms with E-state index in [9.17, 15) is 4.39 Å². The largest absolute Gasteiger partial charge is 0.328 e. The van der Waals surface area contributed by atoms with Gasteiger partial charge in [0.15, 0.2) is 0 Å². The van der Waals surface area contributed by atoms with Gasteiger partial charge in [0.1, 0.15) is 5.82 Å². The molecule has 0 aromatic heterocycles. The molecule has 0 amide bonds. The minimum atomic E-state index is -0.191. The van der Waals surface area contributed by atoms with E-state index in [2.05, 4.69) is 27.8 Å². The average molecular weight is 301 g/mol. The third kappa shape index (κ3) is 3.27. The van der Waals surface area contributed by atoms with Crippen LogP contribution in [0.3, 0.4) is 0 Å². The van der Waals surface area contributed by atoms with Crippen molar-refractivity contribution < 1.29 is 4.39 Å². The summed E-state index contributed by atoms with van der Waals surface area (Å²) in [5.74, 6) is -0.191. The molecule has 2 unspecified atom stereocenters. The first-order chi connectivity index (χ1) is 8.06. The first-order valence-corrected chi connectivity index (χ1v) is 6.79. The number of piperidine rings is 1. The van der Waals surface area contributed by atoms with E-state index in [1.165, 1.54) is 0 Å². The Morgan fingerprint density at radius 3 is 2.94 bits per heavy atom. The molecule has 2 N–H and O–H groups in total. The Morgan fingerprint density at radius 2 is 2.29 bits per heavy atom. The van der Waals surface area contributed by atoms with Crippen molar-refractivity contribution in [2.75, 3.05) is 6.54 Å². The lowest BCUT2D eigenvalue weighted by atomic mass is 9.98. The van der Waals surface area contributed by atoms with E-state index in [0.717, 1.165) is 31.5 Å². The minimum Gasteiger partial charge on any atom is -0.328 e. The summed E-state index contributed by atoms with van der Waals surface area (Å²) in [7, 11) is 0. The Morgan fingerprint density at radius 1 is 1.53 bits per heavy atom. The maximum Gasteiger partial charge on any atom is 0.137 e. The molecule has 1 heterocycles. The fraction of sp³-hybridized carbons (Fsp3) is 0.538. The van der Waals surface area contributed by atoms with Gasteiger partial charge in [-0.05, 0) is 53.4 Å². The van der Waals surface area contributed by atoms with E-state index in [-0.39, 0.29) is 5.82 Å². The lowest BCUT2D eigenvalue weighted by molar-refractivity contribution is 0.140. The molecule has 1 fully saturated rings. The van der Waals surface area contributed by atoms with E-state index < -0.39 is 0 Å². The van der Waals surface area contributed by atoms with Gasteiger partial charge in [0.25, 0.3) is 0 Å². The summed E-state index contributed by atoms with van der Waals surface area (Å²) in [6.45, 7) is 3.99. The SMILES string of the molecule is CC1CC(N)CCN1Cc1ccc(Br)c(F)c1. The number of rotatable bonds is 2. The number of likely N-dealkylation sites (tertiary alicyclic amines) is 1. The molecule has 0 saturated carbocycles. The minimum absolute atomic E-state index is 0.191. The normalized spacial score (nSPS) is 26.1. The first kappa shape index (κ1) is 13.0. The molecule has 0 aliphatic carbocycles. The van der Waals surface area contributed by atoms with Crippen molar-refractivity contribution in [1.82, 2.24) is 4.90 Å². The number of hydrogen-bond acceptors (Lipinski definition) is 2. The number of benzene rings is 1. The van der Waals surface area contributed by atoms with Crippen molar-refractivity contribution in [2.24, 2.45) is 5.73 Å². The second-order valence-corrected chi connectivity index (χ2v) is 5.71. The highest BCUT2D eigenvalue weighted by Crippen LogP contribution is 2.21. The van der Waals surface area contributed by atoms with Crippen molar-refractivity contribution >= 4 is 15.9 Å². The summed E-state index contributed by atoms with van der Waals surface area (Å²) in [5.41, 5.74) is 6.95. The van der Waals surface area contributed by atoms with Crippen LogP contribution >= 0.6 is 15.9 Å². The zero-order chi connectivity index (χ0) is 12.4. The Kier molecular flexibility index (Phi) is 4.17. The summed E-state index contributed by atoms with van der Waals surface area (Å²) in [5, 5.41) is 0. The van der Waals surface area contributed by atoms with Gasteiger partial charge in [0.05, 0.1) is 4.47 Å². The van der Waals surface area contributed by atoms with Crippen molar-refractivity contribution in [3.05, 3.63) is 34.1 Å². The predicted octanol–water partition coefficient (Wildman–Crippen LogP) is 2.90. The van der Waals surface area contributed by atoms with Crippen LogP contribution in [-0.4, -0.2) is 23.5 Å². The predicted molar refractivity (Wildman–Crippen MR) is 71.2 cm³/mol. The second kappa shape index (κ2) is 5.46. The second-order valence-electron chi connectivity index (χ2n) is 4.85. The Hall–Kier alpha value is -0.450. The molecule has 0 spiro atoms. The zero-order valence-electron chi connectivity index (χ0n) is 10.00. The molecule has 0 radical (unpaired) electrons. The van der Waals surface area contributed by atoms with Crippen LogP contribution in [0.4, 0.5) is 4.39 Å². The molecule has 1 aliphatic rings. The van der Waals surface area contributed by atoms with Crippen molar-refractivity contribution in [3.8, 4) is 0 Å². The first-order valence-electron chi connectivity index (χ1n) is 6.00. The van der Waals surface area contributed by atoms with E-state index in [1.54, 1.807) is 12.1 Å². The molecule has 2 rings (SSSR count). The molecule has 17 heavy (non-hydrogen) atoms. The van der Waals surface area contributed by atoms with E-state index in [1.807, 2.05) is 6.07 Å². The fourth-order valence-electron chi connectivity index (χ4n) is 2.36. The quantitative estimate of drug-likeness (QED) is 0.910. The maximum atomic E-state index is 13.4. The van der Waals surface area contributed by atoms with Crippen LogP contribution < -0.4 is 5.73 Å². The van der Waals surface area contributed by atoms with Gasteiger partial charge in [-0.1, -0.05) is 6.07 Å². The lowest BCUT2D eigenvalue weighted by Gasteiger charge is -2.36. The van der Waals surface area contributed by atoms with Gasteiger partial charge in [-0.3, -0.25) is 4.90 Å². The maximum absolute atomic E-state index is 13.4. The Labute approximate surface area is 110 Å². The highest BCUT2D eigenvalue weighted by Gasteiger charge is 2.23.